The quantitative estimate of drug-likeness (QED) is 0.631. The first-order valence-electron chi connectivity index (χ1n) is 5.91. The zero-order valence-electron chi connectivity index (χ0n) is 10.9. The first-order chi connectivity index (χ1) is 9.15. The molecule has 1 aromatic heterocycles. The fourth-order valence-corrected chi connectivity index (χ4v) is 1.95. The molecule has 5 nitrogen and oxygen atoms in total. The van der Waals surface area contributed by atoms with Crippen LogP contribution >= 0.6 is 0 Å². The van der Waals surface area contributed by atoms with Crippen molar-refractivity contribution in [3.63, 3.8) is 0 Å². The average molecular weight is 264 g/mol. The summed E-state index contributed by atoms with van der Waals surface area (Å²) < 4.78 is 20.9. The van der Waals surface area contributed by atoms with Crippen LogP contribution in [0, 0.1) is 5.82 Å². The number of hydrazine groups is 1. The van der Waals surface area contributed by atoms with Gasteiger partial charge in [-0.05, 0) is 18.1 Å². The van der Waals surface area contributed by atoms with E-state index in [-0.39, 0.29) is 17.6 Å². The van der Waals surface area contributed by atoms with E-state index in [9.17, 15) is 4.39 Å². The minimum Gasteiger partial charge on any atom is -0.494 e. The Bertz CT molecular complexity index is 555. The Hall–Kier alpha value is -1.92. The monoisotopic (exact) mass is 264 g/mol. The Morgan fingerprint density at radius 3 is 2.89 bits per heavy atom. The molecular formula is C13H17FN4O. The number of aromatic nitrogens is 2. The van der Waals surface area contributed by atoms with Crippen molar-refractivity contribution in [2.24, 2.45) is 12.9 Å². The third kappa shape index (κ3) is 2.91. The van der Waals surface area contributed by atoms with Crippen molar-refractivity contribution >= 4 is 0 Å². The number of nitrogens with zero attached hydrogens (tertiary/aromatic N) is 2. The molecule has 1 atom stereocenters. The molecule has 2 aromatic rings. The normalized spacial score (nSPS) is 12.4. The fraction of sp³-hybridized carbons (Fsp3) is 0.308. The molecule has 19 heavy (non-hydrogen) atoms. The molecule has 102 valence electrons. The van der Waals surface area contributed by atoms with E-state index in [1.54, 1.807) is 24.5 Å². The molecule has 1 aromatic carbocycles. The van der Waals surface area contributed by atoms with Crippen LogP contribution in [0.4, 0.5) is 4.39 Å². The van der Waals surface area contributed by atoms with Crippen molar-refractivity contribution in [2.45, 2.75) is 12.5 Å². The number of hydrogen-bond donors (Lipinski definition) is 2. The molecule has 0 fully saturated rings. The van der Waals surface area contributed by atoms with Crippen LogP contribution in [0.1, 0.15) is 17.3 Å². The van der Waals surface area contributed by atoms with E-state index in [0.29, 0.717) is 12.0 Å². The highest BCUT2D eigenvalue weighted by atomic mass is 19.1. The molecule has 0 saturated carbocycles. The third-order valence-electron chi connectivity index (χ3n) is 2.97. The summed E-state index contributed by atoms with van der Waals surface area (Å²) in [6.07, 6.45) is 3.93. The van der Waals surface area contributed by atoms with Crippen LogP contribution in [0.3, 0.4) is 0 Å². The second-order valence-corrected chi connectivity index (χ2v) is 4.32. The van der Waals surface area contributed by atoms with E-state index in [1.807, 2.05) is 17.8 Å². The molecule has 1 unspecified atom stereocenters. The van der Waals surface area contributed by atoms with Gasteiger partial charge in [0.05, 0.1) is 25.2 Å². The maximum Gasteiger partial charge on any atom is 0.168 e. The highest BCUT2D eigenvalue weighted by Crippen LogP contribution is 2.24. The summed E-state index contributed by atoms with van der Waals surface area (Å²) in [7, 11) is 3.32. The first kappa shape index (κ1) is 13.5. The molecule has 6 heteroatoms. The van der Waals surface area contributed by atoms with Gasteiger partial charge in [-0.1, -0.05) is 12.1 Å². The van der Waals surface area contributed by atoms with Gasteiger partial charge in [0.1, 0.15) is 0 Å². The zero-order chi connectivity index (χ0) is 13.8. The predicted octanol–water partition coefficient (Wildman–Crippen LogP) is 1.31. The molecule has 0 aliphatic rings. The van der Waals surface area contributed by atoms with E-state index >= 15 is 0 Å². The molecule has 0 aliphatic heterocycles. The van der Waals surface area contributed by atoms with E-state index in [2.05, 4.69) is 10.4 Å². The van der Waals surface area contributed by atoms with Gasteiger partial charge in [-0.15, -0.1) is 0 Å². The fourth-order valence-electron chi connectivity index (χ4n) is 1.95. The van der Waals surface area contributed by atoms with Crippen LogP contribution in [0.2, 0.25) is 0 Å². The lowest BCUT2D eigenvalue weighted by Crippen LogP contribution is -2.30. The standard InChI is InChI=1S/C13H17FN4O/c1-18-7-11(16-8-18)10(17-15)6-9-4-3-5-12(19-2)13(9)14/h3-5,7-8,10,17H,6,15H2,1-2H3. The SMILES string of the molecule is COc1cccc(CC(NN)c2cn(C)cn2)c1F. The van der Waals surface area contributed by atoms with E-state index in [0.717, 1.165) is 5.69 Å². The maximum absolute atomic E-state index is 14.1. The minimum atomic E-state index is -0.360. The zero-order valence-corrected chi connectivity index (χ0v) is 10.9. The van der Waals surface area contributed by atoms with Crippen LogP contribution in [0.15, 0.2) is 30.7 Å². The van der Waals surface area contributed by atoms with Gasteiger partial charge in [0.15, 0.2) is 11.6 Å². The summed E-state index contributed by atoms with van der Waals surface area (Å²) in [6, 6.07) is 4.81. The summed E-state index contributed by atoms with van der Waals surface area (Å²) in [4.78, 5) is 4.22. The van der Waals surface area contributed by atoms with Crippen molar-refractivity contribution in [2.75, 3.05) is 7.11 Å². The minimum absolute atomic E-state index is 0.231. The summed E-state index contributed by atoms with van der Waals surface area (Å²) in [5, 5.41) is 0. The number of aryl methyl sites for hydroxylation is 1. The van der Waals surface area contributed by atoms with Crippen LogP contribution in [-0.4, -0.2) is 16.7 Å². The highest BCUT2D eigenvalue weighted by molar-refractivity contribution is 5.32. The number of halogens is 1. The number of benzene rings is 1. The van der Waals surface area contributed by atoms with Crippen LogP contribution in [0.5, 0.6) is 5.75 Å². The molecular weight excluding hydrogens is 247 g/mol. The third-order valence-corrected chi connectivity index (χ3v) is 2.97. The molecule has 0 spiro atoms. The lowest BCUT2D eigenvalue weighted by atomic mass is 10.0. The lowest BCUT2D eigenvalue weighted by molar-refractivity contribution is 0.382. The van der Waals surface area contributed by atoms with E-state index in [1.165, 1.54) is 7.11 Å². The number of nitrogens with two attached hydrogens (primary N) is 1. The topological polar surface area (TPSA) is 65.1 Å². The Morgan fingerprint density at radius 2 is 2.32 bits per heavy atom. The smallest absolute Gasteiger partial charge is 0.168 e. The second-order valence-electron chi connectivity index (χ2n) is 4.32. The predicted molar refractivity (Wildman–Crippen MR) is 69.9 cm³/mol. The van der Waals surface area contributed by atoms with Gasteiger partial charge in [-0.2, -0.15) is 0 Å². The molecule has 0 saturated heterocycles. The largest absolute Gasteiger partial charge is 0.494 e. The second kappa shape index (κ2) is 5.81. The van der Waals surface area contributed by atoms with Gasteiger partial charge in [-0.3, -0.25) is 11.3 Å². The molecule has 0 amide bonds. The summed E-state index contributed by atoms with van der Waals surface area (Å²) in [6.45, 7) is 0. The summed E-state index contributed by atoms with van der Waals surface area (Å²) in [5.74, 6) is 5.40. The van der Waals surface area contributed by atoms with Crippen LogP contribution in [-0.2, 0) is 13.5 Å². The van der Waals surface area contributed by atoms with Crippen molar-refractivity contribution in [3.8, 4) is 5.75 Å². The van der Waals surface area contributed by atoms with Crippen molar-refractivity contribution in [1.29, 1.82) is 0 Å². The van der Waals surface area contributed by atoms with E-state index < -0.39 is 0 Å². The maximum atomic E-state index is 14.1. The molecule has 0 bridgehead atoms. The van der Waals surface area contributed by atoms with Crippen LogP contribution < -0.4 is 16.0 Å². The van der Waals surface area contributed by atoms with E-state index in [4.69, 9.17) is 10.6 Å². The Morgan fingerprint density at radius 1 is 1.53 bits per heavy atom. The Labute approximate surface area is 111 Å². The van der Waals surface area contributed by atoms with Gasteiger partial charge in [0.2, 0.25) is 0 Å². The number of nitrogens with one attached hydrogen (secondary N) is 1. The lowest BCUT2D eigenvalue weighted by Gasteiger charge is -2.15. The number of ether oxygens (including phenoxy) is 1. The molecule has 0 aliphatic carbocycles. The molecule has 3 N–H and O–H groups in total. The first-order valence-corrected chi connectivity index (χ1v) is 5.91. The summed E-state index contributed by atoms with van der Waals surface area (Å²) in [5.41, 5.74) is 3.97. The van der Waals surface area contributed by atoms with Gasteiger partial charge in [0.25, 0.3) is 0 Å². The van der Waals surface area contributed by atoms with Gasteiger partial charge < -0.3 is 9.30 Å². The number of methoxy groups -OCH3 is 1. The van der Waals surface area contributed by atoms with Crippen molar-refractivity contribution < 1.29 is 9.13 Å². The highest BCUT2D eigenvalue weighted by Gasteiger charge is 2.17. The molecule has 0 radical (unpaired) electrons. The summed E-state index contributed by atoms with van der Waals surface area (Å²) >= 11 is 0. The van der Waals surface area contributed by atoms with Crippen molar-refractivity contribution in [1.82, 2.24) is 15.0 Å². The van der Waals surface area contributed by atoms with Gasteiger partial charge >= 0.3 is 0 Å². The van der Waals surface area contributed by atoms with Gasteiger partial charge in [0, 0.05) is 13.2 Å². The Kier molecular flexibility index (Phi) is 4.13. The molecule has 2 rings (SSSR count). The Balaban J connectivity index is 2.23. The molecule has 1 heterocycles. The number of rotatable bonds is 5. The van der Waals surface area contributed by atoms with Crippen molar-refractivity contribution in [3.05, 3.63) is 47.8 Å². The average Bonchev–Trinajstić information content (AvgIpc) is 2.84. The van der Waals surface area contributed by atoms with Gasteiger partial charge in [-0.25, -0.2) is 9.37 Å². The van der Waals surface area contributed by atoms with Crippen LogP contribution in [0.25, 0.3) is 0 Å². The number of imidazole rings is 1. The number of hydrogen-bond acceptors (Lipinski definition) is 4.